The number of fused-ring (bicyclic) bond motifs is 10. The van der Waals surface area contributed by atoms with Gasteiger partial charge in [-0.15, -0.1) is 0 Å². The number of ether oxygens (including phenoxy) is 2. The van der Waals surface area contributed by atoms with Crippen molar-refractivity contribution in [3.8, 4) is 23.0 Å². The minimum Gasteiger partial charge on any atom is -0.504 e. The van der Waals surface area contributed by atoms with Crippen LogP contribution in [0.4, 0.5) is 0 Å². The maximum Gasteiger partial charge on any atom is 0.163 e. The van der Waals surface area contributed by atoms with Crippen LogP contribution in [0.3, 0.4) is 0 Å². The van der Waals surface area contributed by atoms with Gasteiger partial charge in [-0.3, -0.25) is 0 Å². The number of phenolic OH excluding ortho intramolecular Hbond substituents is 2. The lowest BCUT2D eigenvalue weighted by Gasteiger charge is -2.50. The minimum absolute atomic E-state index is 0.116. The molecule has 6 aliphatic rings. The van der Waals surface area contributed by atoms with Gasteiger partial charge in [-0.2, -0.15) is 0 Å². The summed E-state index contributed by atoms with van der Waals surface area (Å²) in [5, 5.41) is 40.9. The molecule has 4 N–H and O–H groups in total. The fourth-order valence-electron chi connectivity index (χ4n) is 11.5. The summed E-state index contributed by atoms with van der Waals surface area (Å²) < 4.78 is 10.8. The van der Waals surface area contributed by atoms with Gasteiger partial charge in [0, 0.05) is 5.56 Å². The van der Waals surface area contributed by atoms with Gasteiger partial charge in [-0.1, -0.05) is 19.9 Å². The zero-order chi connectivity index (χ0) is 31.0. The molecule has 8 rings (SSSR count). The molecule has 240 valence electrons. The maximum atomic E-state index is 10.4. The summed E-state index contributed by atoms with van der Waals surface area (Å²) in [5.41, 5.74) is 5.52. The Morgan fingerprint density at radius 1 is 0.659 bits per heavy atom. The summed E-state index contributed by atoms with van der Waals surface area (Å²) in [6.45, 7) is 4.61. The van der Waals surface area contributed by atoms with Gasteiger partial charge in [0.1, 0.15) is 0 Å². The molecule has 4 fully saturated rings. The van der Waals surface area contributed by atoms with E-state index < -0.39 is 0 Å². The van der Waals surface area contributed by atoms with Crippen LogP contribution < -0.4 is 9.47 Å². The van der Waals surface area contributed by atoms with Gasteiger partial charge in [0.15, 0.2) is 23.0 Å². The summed E-state index contributed by atoms with van der Waals surface area (Å²) in [7, 11) is 3.26. The van der Waals surface area contributed by atoms with Crippen LogP contribution in [-0.4, -0.2) is 46.9 Å². The third kappa shape index (κ3) is 4.48. The van der Waals surface area contributed by atoms with Crippen LogP contribution in [0.15, 0.2) is 24.3 Å². The number of rotatable bonds is 2. The summed E-state index contributed by atoms with van der Waals surface area (Å²) in [6, 6.07) is 7.87. The second-order valence-corrected chi connectivity index (χ2v) is 15.5. The average Bonchev–Trinajstić information content (AvgIpc) is 3.50. The van der Waals surface area contributed by atoms with Gasteiger partial charge in [0.2, 0.25) is 0 Å². The van der Waals surface area contributed by atoms with E-state index >= 15 is 0 Å². The van der Waals surface area contributed by atoms with Crippen LogP contribution in [0.25, 0.3) is 0 Å². The lowest BCUT2D eigenvalue weighted by atomic mass is 9.55. The smallest absolute Gasteiger partial charge is 0.163 e. The van der Waals surface area contributed by atoms with Crippen LogP contribution >= 0.6 is 0 Å². The zero-order valence-electron chi connectivity index (χ0n) is 27.0. The number of aromatic hydroxyl groups is 2. The van der Waals surface area contributed by atoms with E-state index in [1.807, 2.05) is 6.07 Å². The summed E-state index contributed by atoms with van der Waals surface area (Å²) in [5.74, 6) is 5.59. The molecule has 0 aromatic heterocycles. The van der Waals surface area contributed by atoms with Crippen molar-refractivity contribution >= 4 is 0 Å². The van der Waals surface area contributed by atoms with Crippen LogP contribution in [-0.2, 0) is 12.8 Å². The highest BCUT2D eigenvalue weighted by Crippen LogP contribution is 2.63. The molecule has 0 bridgehead atoms. The largest absolute Gasteiger partial charge is 0.504 e. The summed E-state index contributed by atoms with van der Waals surface area (Å²) in [6.07, 6.45) is 12.9. The van der Waals surface area contributed by atoms with Crippen molar-refractivity contribution in [2.45, 2.75) is 115 Å². The van der Waals surface area contributed by atoms with E-state index in [4.69, 9.17) is 9.47 Å². The first-order chi connectivity index (χ1) is 21.1. The predicted molar refractivity (Wildman–Crippen MR) is 171 cm³/mol. The molecule has 44 heavy (non-hydrogen) atoms. The molecule has 0 saturated heterocycles. The SMILES string of the molecule is COc1c(O)ccc2c1CC[C@@H]1[C@@H]2CC[C@]2(C)C(O)CC[C@@H]12.COc1cc2c(cc1O)CC[C@@H]1[C@@H]2CC[C@]2(C)C(O)CC[C@@H]12. The van der Waals surface area contributed by atoms with Crippen molar-refractivity contribution in [3.63, 3.8) is 0 Å². The third-order valence-corrected chi connectivity index (χ3v) is 14.0. The molecule has 10 atom stereocenters. The van der Waals surface area contributed by atoms with Crippen molar-refractivity contribution in [2.75, 3.05) is 14.2 Å². The van der Waals surface area contributed by atoms with E-state index in [1.54, 1.807) is 20.3 Å². The Labute approximate surface area is 262 Å². The van der Waals surface area contributed by atoms with E-state index in [1.165, 1.54) is 41.5 Å². The second kappa shape index (κ2) is 11.1. The van der Waals surface area contributed by atoms with Crippen LogP contribution in [0, 0.1) is 34.5 Å². The molecule has 6 heteroatoms. The molecular formula is C38H52O6. The van der Waals surface area contributed by atoms with E-state index in [-0.39, 0.29) is 34.5 Å². The predicted octanol–water partition coefficient (Wildman–Crippen LogP) is 7.24. The molecule has 0 spiro atoms. The number of aliphatic hydroxyl groups is 2. The summed E-state index contributed by atoms with van der Waals surface area (Å²) >= 11 is 0. The second-order valence-electron chi connectivity index (χ2n) is 15.5. The molecular weight excluding hydrogens is 552 g/mol. The first-order valence-electron chi connectivity index (χ1n) is 17.2. The number of phenols is 2. The van der Waals surface area contributed by atoms with Gasteiger partial charge >= 0.3 is 0 Å². The van der Waals surface area contributed by atoms with Crippen LogP contribution in [0.2, 0.25) is 0 Å². The van der Waals surface area contributed by atoms with Gasteiger partial charge < -0.3 is 29.9 Å². The van der Waals surface area contributed by atoms with Crippen LogP contribution in [0.1, 0.15) is 112 Å². The Bertz CT molecular complexity index is 1360. The normalized spacial score (nSPS) is 39.8. The molecule has 2 aromatic rings. The molecule has 4 saturated carbocycles. The van der Waals surface area contributed by atoms with Crippen molar-refractivity contribution in [3.05, 3.63) is 46.5 Å². The van der Waals surface area contributed by atoms with Crippen molar-refractivity contribution < 1.29 is 29.9 Å². The lowest BCUT2D eigenvalue weighted by Crippen LogP contribution is -2.43. The fourth-order valence-corrected chi connectivity index (χ4v) is 11.5. The molecule has 2 unspecified atom stereocenters. The average molecular weight is 605 g/mol. The Hall–Kier alpha value is -2.44. The van der Waals surface area contributed by atoms with Crippen LogP contribution in [0.5, 0.6) is 23.0 Å². The monoisotopic (exact) mass is 604 g/mol. The quantitative estimate of drug-likeness (QED) is 0.289. The van der Waals surface area contributed by atoms with Crippen molar-refractivity contribution in [1.29, 1.82) is 0 Å². The Morgan fingerprint density at radius 2 is 1.25 bits per heavy atom. The number of hydrogen-bond acceptors (Lipinski definition) is 6. The molecule has 0 heterocycles. The lowest BCUT2D eigenvalue weighted by molar-refractivity contribution is -0.0227. The van der Waals surface area contributed by atoms with Gasteiger partial charge in [0.25, 0.3) is 0 Å². The highest BCUT2D eigenvalue weighted by Gasteiger charge is 2.55. The van der Waals surface area contributed by atoms with Gasteiger partial charge in [0.05, 0.1) is 26.4 Å². The Kier molecular flexibility index (Phi) is 7.64. The molecule has 0 radical (unpaired) electrons. The Balaban J connectivity index is 0.000000142. The van der Waals surface area contributed by atoms with Gasteiger partial charge in [-0.05, 0) is 158 Å². The molecule has 6 aliphatic carbocycles. The number of aliphatic hydroxyl groups excluding tert-OH is 2. The van der Waals surface area contributed by atoms with E-state index in [0.29, 0.717) is 47.0 Å². The standard InChI is InChI=1S/2C19H26O3/c1-19-10-9-12-11-5-7-16(20)18(22-2)14(11)4-3-13(12)15(19)6-8-17(19)21;1-19-8-7-12-13(15(19)5-6-18(19)21)4-3-11-9-16(20)17(22-2)10-14(11)12/h5,7,12-13,15,17,20-21H,3-4,6,8-10H2,1-2H3;9-10,12-13,15,18,20-21H,3-8H2,1-2H3/t12-,13-,15+,17?,19+;12-,13+,15-,18?,19-/m10/s1. The van der Waals surface area contributed by atoms with E-state index in [9.17, 15) is 20.4 Å². The Morgan fingerprint density at radius 3 is 1.84 bits per heavy atom. The highest BCUT2D eigenvalue weighted by molar-refractivity contribution is 5.53. The summed E-state index contributed by atoms with van der Waals surface area (Å²) in [4.78, 5) is 0. The number of hydrogen-bond donors (Lipinski definition) is 4. The molecule has 6 nitrogen and oxygen atoms in total. The highest BCUT2D eigenvalue weighted by atomic mass is 16.5. The van der Waals surface area contributed by atoms with E-state index in [2.05, 4.69) is 26.0 Å². The number of aryl methyl sites for hydroxylation is 1. The maximum absolute atomic E-state index is 10.4. The first-order valence-corrected chi connectivity index (χ1v) is 17.2. The fraction of sp³-hybridized carbons (Fsp3) is 0.684. The number of methoxy groups -OCH3 is 2. The molecule has 2 aromatic carbocycles. The molecule has 0 amide bonds. The zero-order valence-corrected chi connectivity index (χ0v) is 27.0. The van der Waals surface area contributed by atoms with Gasteiger partial charge in [-0.25, -0.2) is 0 Å². The first kappa shape index (κ1) is 30.2. The minimum atomic E-state index is -0.116. The third-order valence-electron chi connectivity index (χ3n) is 14.0. The van der Waals surface area contributed by atoms with E-state index in [0.717, 1.165) is 57.8 Å². The van der Waals surface area contributed by atoms with Crippen molar-refractivity contribution in [2.24, 2.45) is 34.5 Å². The van der Waals surface area contributed by atoms with Crippen molar-refractivity contribution in [1.82, 2.24) is 0 Å². The number of benzene rings is 2. The topological polar surface area (TPSA) is 99.4 Å². The molecule has 0 aliphatic heterocycles.